The van der Waals surface area contributed by atoms with Crippen LogP contribution in [0.25, 0.3) is 0 Å². The van der Waals surface area contributed by atoms with Crippen LogP contribution in [0.15, 0.2) is 42.7 Å². The van der Waals surface area contributed by atoms with Crippen molar-refractivity contribution in [3.05, 3.63) is 54.0 Å². The van der Waals surface area contributed by atoms with Gasteiger partial charge in [-0.1, -0.05) is 6.07 Å². The summed E-state index contributed by atoms with van der Waals surface area (Å²) >= 11 is 0. The van der Waals surface area contributed by atoms with E-state index in [0.717, 1.165) is 38.2 Å². The van der Waals surface area contributed by atoms with Gasteiger partial charge in [0.2, 0.25) is 5.88 Å². The van der Waals surface area contributed by atoms with E-state index in [1.165, 1.54) is 0 Å². The smallest absolute Gasteiger partial charge is 0.255 e. The Balaban J connectivity index is 1.35. The molecule has 6 heteroatoms. The predicted octanol–water partition coefficient (Wildman–Crippen LogP) is 2.40. The van der Waals surface area contributed by atoms with Gasteiger partial charge in [-0.25, -0.2) is 4.98 Å². The normalized spacial score (nSPS) is 21.7. The topological polar surface area (TPSA) is 58.6 Å². The van der Waals surface area contributed by atoms with Gasteiger partial charge in [0, 0.05) is 37.2 Å². The van der Waals surface area contributed by atoms with Crippen molar-refractivity contribution in [2.24, 2.45) is 5.92 Å². The average Bonchev–Trinajstić information content (AvgIpc) is 2.66. The number of hydrogen-bond donors (Lipinski definition) is 0. The summed E-state index contributed by atoms with van der Waals surface area (Å²) in [6.45, 7) is 5.19. The number of pyridine rings is 2. The summed E-state index contributed by atoms with van der Waals surface area (Å²) in [4.78, 5) is 25.5. The molecule has 2 aliphatic heterocycles. The second-order valence-corrected chi connectivity index (χ2v) is 7.83. The van der Waals surface area contributed by atoms with E-state index in [-0.39, 0.29) is 11.4 Å². The third kappa shape index (κ3) is 3.67. The number of likely N-dealkylation sites (tertiary alicyclic amines) is 2. The van der Waals surface area contributed by atoms with Crippen LogP contribution in [0.2, 0.25) is 0 Å². The molecule has 2 saturated heterocycles. The van der Waals surface area contributed by atoms with Gasteiger partial charge in [0.25, 0.3) is 5.91 Å². The fourth-order valence-electron chi connectivity index (χ4n) is 4.14. The van der Waals surface area contributed by atoms with Crippen molar-refractivity contribution in [1.29, 1.82) is 0 Å². The van der Waals surface area contributed by atoms with Crippen LogP contribution in [-0.2, 0) is 0 Å². The van der Waals surface area contributed by atoms with Crippen molar-refractivity contribution in [2.45, 2.75) is 25.3 Å². The Morgan fingerprint density at radius 1 is 1.26 bits per heavy atom. The summed E-state index contributed by atoms with van der Waals surface area (Å²) in [5.41, 5.74) is 1.67. The Labute approximate surface area is 160 Å². The van der Waals surface area contributed by atoms with Gasteiger partial charge in [-0.2, -0.15) is 0 Å². The average molecular weight is 366 g/mol. The Morgan fingerprint density at radius 3 is 2.81 bits per heavy atom. The minimum absolute atomic E-state index is 0.0736. The molecule has 142 valence electrons. The largest absolute Gasteiger partial charge is 0.477 e. The molecule has 2 aromatic rings. The Morgan fingerprint density at radius 2 is 2.11 bits per heavy atom. The molecule has 2 aromatic heterocycles. The highest BCUT2D eigenvalue weighted by atomic mass is 16.5. The van der Waals surface area contributed by atoms with Crippen LogP contribution in [0.5, 0.6) is 5.88 Å². The molecule has 4 rings (SSSR count). The highest BCUT2D eigenvalue weighted by Gasteiger charge is 2.51. The first kappa shape index (κ1) is 17.9. The monoisotopic (exact) mass is 366 g/mol. The van der Waals surface area contributed by atoms with Crippen molar-refractivity contribution < 1.29 is 9.53 Å². The number of carbonyl (C=O) groups is 1. The Bertz CT molecular complexity index is 788. The summed E-state index contributed by atoms with van der Waals surface area (Å²) in [6, 6.07) is 9.48. The number of amides is 1. The van der Waals surface area contributed by atoms with Crippen molar-refractivity contribution >= 4 is 5.91 Å². The highest BCUT2D eigenvalue weighted by molar-refractivity contribution is 5.94. The van der Waals surface area contributed by atoms with Crippen LogP contribution < -0.4 is 4.74 Å². The van der Waals surface area contributed by atoms with Crippen LogP contribution in [-0.4, -0.2) is 64.5 Å². The fourth-order valence-corrected chi connectivity index (χ4v) is 4.14. The van der Waals surface area contributed by atoms with Crippen molar-refractivity contribution in [1.82, 2.24) is 19.8 Å². The summed E-state index contributed by atoms with van der Waals surface area (Å²) in [6.07, 6.45) is 5.59. The first-order valence-electron chi connectivity index (χ1n) is 9.53. The van der Waals surface area contributed by atoms with Crippen molar-refractivity contribution in [3.63, 3.8) is 0 Å². The van der Waals surface area contributed by atoms with Gasteiger partial charge in [0.1, 0.15) is 0 Å². The van der Waals surface area contributed by atoms with Crippen LogP contribution in [0.4, 0.5) is 0 Å². The van der Waals surface area contributed by atoms with Gasteiger partial charge < -0.3 is 9.64 Å². The van der Waals surface area contributed by atoms with E-state index in [4.69, 9.17) is 4.74 Å². The van der Waals surface area contributed by atoms with Gasteiger partial charge in [-0.3, -0.25) is 14.7 Å². The summed E-state index contributed by atoms with van der Waals surface area (Å²) in [5, 5.41) is 0. The molecule has 0 radical (unpaired) electrons. The Hall–Kier alpha value is -2.47. The molecule has 0 N–H and O–H groups in total. The maximum Gasteiger partial charge on any atom is 0.255 e. The van der Waals surface area contributed by atoms with Crippen LogP contribution >= 0.6 is 0 Å². The molecule has 0 aromatic carbocycles. The molecule has 2 fully saturated rings. The number of piperidine rings is 1. The van der Waals surface area contributed by atoms with Gasteiger partial charge in [-0.15, -0.1) is 0 Å². The minimum Gasteiger partial charge on any atom is -0.477 e. The number of likely N-dealkylation sites (N-methyl/N-ethyl adjacent to an activating group) is 1. The van der Waals surface area contributed by atoms with E-state index in [0.29, 0.717) is 24.0 Å². The zero-order valence-corrected chi connectivity index (χ0v) is 16.0. The lowest BCUT2D eigenvalue weighted by atomic mass is 9.75. The van der Waals surface area contributed by atoms with E-state index >= 15 is 0 Å². The molecule has 1 amide bonds. The number of aromatic nitrogens is 2. The number of aryl methyl sites for hydroxylation is 1. The molecular formula is C21H26N4O2. The SMILES string of the molecule is Cc1ccc(C(=O)N2CC3(CC(COc4ccccn4)CCN3C)C2)cn1. The number of rotatable bonds is 4. The molecule has 0 saturated carbocycles. The standard InChI is InChI=1S/C21H26N4O2/c1-16-6-7-18(12-23-16)20(26)25-14-21(15-25)11-17(8-10-24(21)2)13-27-19-5-3-4-9-22-19/h3-7,9,12,17H,8,10-11,13-15H2,1-2H3. The number of carbonyl (C=O) groups excluding carboxylic acids is 1. The quantitative estimate of drug-likeness (QED) is 0.832. The van der Waals surface area contributed by atoms with Crippen LogP contribution in [0.3, 0.4) is 0 Å². The fraction of sp³-hybridized carbons (Fsp3) is 0.476. The molecule has 1 atom stereocenters. The third-order valence-electron chi connectivity index (χ3n) is 5.87. The molecule has 0 bridgehead atoms. The molecule has 2 aliphatic rings. The number of ether oxygens (including phenoxy) is 1. The van der Waals surface area contributed by atoms with E-state index in [1.54, 1.807) is 12.4 Å². The van der Waals surface area contributed by atoms with E-state index in [9.17, 15) is 4.79 Å². The zero-order valence-electron chi connectivity index (χ0n) is 16.0. The van der Waals surface area contributed by atoms with Gasteiger partial charge >= 0.3 is 0 Å². The third-order valence-corrected chi connectivity index (χ3v) is 5.87. The molecule has 6 nitrogen and oxygen atoms in total. The van der Waals surface area contributed by atoms with Gasteiger partial charge in [0.05, 0.1) is 17.7 Å². The Kier molecular flexibility index (Phi) is 4.83. The lowest BCUT2D eigenvalue weighted by molar-refractivity contribution is -0.0695. The summed E-state index contributed by atoms with van der Waals surface area (Å²) in [5.74, 6) is 1.25. The maximum atomic E-state index is 12.7. The molecule has 1 spiro atoms. The molecule has 4 heterocycles. The summed E-state index contributed by atoms with van der Waals surface area (Å²) in [7, 11) is 2.17. The van der Waals surface area contributed by atoms with E-state index < -0.39 is 0 Å². The molecule has 27 heavy (non-hydrogen) atoms. The van der Waals surface area contributed by atoms with Crippen molar-refractivity contribution in [2.75, 3.05) is 33.3 Å². The first-order chi connectivity index (χ1) is 13.1. The lowest BCUT2D eigenvalue weighted by Gasteiger charge is -2.58. The summed E-state index contributed by atoms with van der Waals surface area (Å²) < 4.78 is 5.88. The van der Waals surface area contributed by atoms with E-state index in [1.807, 2.05) is 42.2 Å². The van der Waals surface area contributed by atoms with Crippen LogP contribution in [0.1, 0.15) is 28.9 Å². The van der Waals surface area contributed by atoms with Gasteiger partial charge in [-0.05, 0) is 57.5 Å². The second-order valence-electron chi connectivity index (χ2n) is 7.83. The minimum atomic E-state index is 0.0736. The van der Waals surface area contributed by atoms with Crippen LogP contribution in [0, 0.1) is 12.8 Å². The van der Waals surface area contributed by atoms with E-state index in [2.05, 4.69) is 21.9 Å². The van der Waals surface area contributed by atoms with Crippen molar-refractivity contribution in [3.8, 4) is 5.88 Å². The molecule has 1 unspecified atom stereocenters. The highest BCUT2D eigenvalue weighted by Crippen LogP contribution is 2.38. The molecular weight excluding hydrogens is 340 g/mol. The second kappa shape index (κ2) is 7.27. The van der Waals surface area contributed by atoms with Gasteiger partial charge in [0.15, 0.2) is 0 Å². The maximum absolute atomic E-state index is 12.7. The number of nitrogens with zero attached hydrogens (tertiary/aromatic N) is 4. The predicted molar refractivity (Wildman–Crippen MR) is 103 cm³/mol. The first-order valence-corrected chi connectivity index (χ1v) is 9.53. The lowest BCUT2D eigenvalue weighted by Crippen LogP contribution is -2.72. The number of hydrogen-bond acceptors (Lipinski definition) is 5. The molecule has 0 aliphatic carbocycles. The zero-order chi connectivity index (χ0) is 18.9.